The number of benzene rings is 2. The number of halogens is 8. The van der Waals surface area contributed by atoms with Crippen LogP contribution in [0.2, 0.25) is 0 Å². The number of nitrogens with zero attached hydrogens (tertiary/aromatic N) is 11. The molecule has 0 bridgehead atoms. The number of azide groups is 1. The number of Topliss-reactive ketones (excluding diaryl/α,β-unsaturated/α-hetero) is 1. The first kappa shape index (κ1) is 64.7. The highest BCUT2D eigenvalue weighted by Crippen LogP contribution is 2.36. The van der Waals surface area contributed by atoms with Crippen LogP contribution >= 0.6 is 0 Å². The van der Waals surface area contributed by atoms with Gasteiger partial charge in [-0.25, -0.2) is 60.6 Å². The Morgan fingerprint density at radius 3 is 1.46 bits per heavy atom. The first-order valence-electron chi connectivity index (χ1n) is 27.2. The largest absolute Gasteiger partial charge is 0.330 e. The van der Waals surface area contributed by atoms with Crippen molar-refractivity contribution < 1.29 is 52.5 Å². The lowest BCUT2D eigenvalue weighted by Gasteiger charge is -2.24. The van der Waals surface area contributed by atoms with Crippen LogP contribution in [0.4, 0.5) is 70.0 Å². The normalized spacial score (nSPS) is 12.6. The summed E-state index contributed by atoms with van der Waals surface area (Å²) in [4.78, 5) is 66.2. The van der Waals surface area contributed by atoms with E-state index in [1.807, 2.05) is 0 Å². The molecule has 1 aliphatic carbocycles. The van der Waals surface area contributed by atoms with Gasteiger partial charge in [0.25, 0.3) is 21.2 Å². The van der Waals surface area contributed by atoms with Crippen LogP contribution in [0.1, 0.15) is 29.9 Å². The van der Waals surface area contributed by atoms with E-state index in [1.54, 1.807) is 24.4 Å². The van der Waals surface area contributed by atoms with Crippen molar-refractivity contribution in [1.82, 2.24) is 39.0 Å². The number of hydrogen-bond donors (Lipinski definition) is 4. The Kier molecular flexibility index (Phi) is 20.6. The minimum Gasteiger partial charge on any atom is -0.330 e. The number of hydrogen-bond acceptors (Lipinski definition) is 17. The van der Waals surface area contributed by atoms with Gasteiger partial charge in [0.15, 0.2) is 5.78 Å². The molecule has 8 heterocycles. The molecule has 0 fully saturated rings. The predicted molar refractivity (Wildman–Crippen MR) is 324 cm³/mol. The van der Waals surface area contributed by atoms with Gasteiger partial charge in [0.1, 0.15) is 75.6 Å². The summed E-state index contributed by atoms with van der Waals surface area (Å²) in [5, 5.41) is 13.0. The van der Waals surface area contributed by atoms with Crippen LogP contribution in [0.5, 0.6) is 0 Å². The van der Waals surface area contributed by atoms with E-state index in [2.05, 4.69) is 55.9 Å². The maximum Gasteiger partial charge on any atom is 0.264 e. The van der Waals surface area contributed by atoms with Crippen LogP contribution in [0.3, 0.4) is 0 Å². The molecule has 0 radical (unpaired) electrons. The quantitative estimate of drug-likeness (QED) is 0.0192. The highest BCUT2D eigenvalue weighted by molar-refractivity contribution is 7.86. The molecule has 11 rings (SSSR count). The molecule has 0 amide bonds. The molecule has 0 saturated carbocycles. The van der Waals surface area contributed by atoms with E-state index in [9.17, 15) is 57.9 Å². The molecule has 5 N–H and O–H groups in total. The highest BCUT2D eigenvalue weighted by Gasteiger charge is 2.30. The molecule has 0 spiro atoms. The number of pyridine rings is 8. The topological polar surface area (TPSA) is 293 Å². The molecule has 1 atom stereocenters. The van der Waals surface area contributed by atoms with Crippen molar-refractivity contribution >= 4 is 78.7 Å². The lowest BCUT2D eigenvalue weighted by molar-refractivity contribution is -0.117. The van der Waals surface area contributed by atoms with Gasteiger partial charge in [-0.2, -0.15) is 8.42 Å². The van der Waals surface area contributed by atoms with Gasteiger partial charge in [0.2, 0.25) is 0 Å². The number of anilines is 6. The van der Waals surface area contributed by atoms with Gasteiger partial charge in [-0.1, -0.05) is 17.2 Å². The Morgan fingerprint density at radius 2 is 1.04 bits per heavy atom. The Labute approximate surface area is 510 Å². The number of carbonyl (C=O) groups excluding carboxylic acids is 1. The van der Waals surface area contributed by atoms with Crippen molar-refractivity contribution in [3.63, 3.8) is 0 Å². The number of rotatable bonds is 19. The average Bonchev–Trinajstić information content (AvgIpc) is 0.812. The number of allylic oxidation sites excluding steroid dienone is 1. The van der Waals surface area contributed by atoms with Crippen molar-refractivity contribution in [2.45, 2.75) is 31.8 Å². The third-order valence-electron chi connectivity index (χ3n) is 13.6. The maximum absolute atomic E-state index is 14.4. The minimum atomic E-state index is -3.79. The fourth-order valence-electron chi connectivity index (χ4n) is 9.55. The average molecular weight is 1270 g/mol. The zero-order valence-electron chi connectivity index (χ0n) is 47.5. The summed E-state index contributed by atoms with van der Waals surface area (Å²) in [5.74, 6) is -3.46. The summed E-state index contributed by atoms with van der Waals surface area (Å²) < 4.78 is 139. The second kappa shape index (κ2) is 29.0. The summed E-state index contributed by atoms with van der Waals surface area (Å²) in [6.45, 7) is -0.929. The van der Waals surface area contributed by atoms with Gasteiger partial charge in [-0.15, -0.1) is 0 Å². The summed E-state index contributed by atoms with van der Waals surface area (Å²) in [6, 6.07) is 22.0. The fourth-order valence-corrected chi connectivity index (χ4v) is 9.93. The van der Waals surface area contributed by atoms with E-state index >= 15 is 0 Å². The molecular formula is C61H49F8N15O6S. The van der Waals surface area contributed by atoms with Crippen molar-refractivity contribution in [2.75, 3.05) is 48.6 Å². The smallest absolute Gasteiger partial charge is 0.264 e. The number of ketones is 1. The molecule has 0 saturated heterocycles. The Morgan fingerprint density at radius 1 is 0.604 bits per heavy atom. The molecule has 30 heteroatoms. The maximum atomic E-state index is 14.4. The van der Waals surface area contributed by atoms with Gasteiger partial charge in [0.05, 0.1) is 78.0 Å². The second-order valence-electron chi connectivity index (χ2n) is 19.7. The Bertz CT molecular complexity index is 4640. The standard InChI is InChI=1S/C22H17F3N4O4S.C21H14F3N7O.C18H18F2N4O/c1-34(31,32)33-8-7-29-18-10-20(28-19-6-5-14(23)12-27-19)26-11-13(18)9-15(22(29)30)21-16(24)3-2-4-17(21)25;22-13-4-5-18(27-11-13)29-19-9-17-12(10-26-19)8-14(20-15(23)2-1-3-16(20)24)21(32)31(17)7-6-28-30-25;19-5-3-11-7-12-9-22-17(24-16-2-1-13(20)10-23-16)8-15(12)14(4-6-21)18(11)25/h2-6,9-12H,7-8H2,1H3,(H,26,27,28);1-5,8-11H,6-7H2,(H,26,27,29);1-2,7-10,14H,3-6,21H2,(H,22,23,24). The van der Waals surface area contributed by atoms with Crippen LogP contribution < -0.4 is 32.8 Å². The monoisotopic (exact) mass is 1270 g/mol. The number of fused-ring (bicyclic) bond motifs is 3. The predicted octanol–water partition coefficient (Wildman–Crippen LogP) is 11.6. The summed E-state index contributed by atoms with van der Waals surface area (Å²) in [7, 11) is -3.79. The summed E-state index contributed by atoms with van der Waals surface area (Å²) in [6.07, 6.45) is 10.7. The first-order chi connectivity index (χ1) is 43.7. The molecule has 10 aromatic rings. The van der Waals surface area contributed by atoms with Crippen LogP contribution in [0.25, 0.3) is 60.6 Å². The van der Waals surface area contributed by atoms with Gasteiger partial charge in [0, 0.05) is 71.8 Å². The van der Waals surface area contributed by atoms with E-state index in [1.165, 1.54) is 83.7 Å². The van der Waals surface area contributed by atoms with Gasteiger partial charge < -0.3 is 30.8 Å². The van der Waals surface area contributed by atoms with Crippen molar-refractivity contribution in [1.29, 1.82) is 0 Å². The van der Waals surface area contributed by atoms with E-state index in [0.29, 0.717) is 63.6 Å². The number of alkyl halides is 1. The molecule has 91 heavy (non-hydrogen) atoms. The Balaban J connectivity index is 0.000000163. The first-order valence-corrected chi connectivity index (χ1v) is 29.0. The molecule has 21 nitrogen and oxygen atoms in total. The number of nitrogens with one attached hydrogen (secondary N) is 3. The van der Waals surface area contributed by atoms with Crippen molar-refractivity contribution in [3.8, 4) is 22.3 Å². The van der Waals surface area contributed by atoms with E-state index in [-0.39, 0.29) is 61.2 Å². The van der Waals surface area contributed by atoms with Crippen LogP contribution in [0, 0.1) is 40.7 Å². The number of carbonyl (C=O) groups is 1. The van der Waals surface area contributed by atoms with E-state index in [4.69, 9.17) is 15.4 Å². The molecule has 0 aliphatic heterocycles. The second-order valence-corrected chi connectivity index (χ2v) is 21.4. The molecule has 1 unspecified atom stereocenters. The zero-order valence-corrected chi connectivity index (χ0v) is 48.3. The molecule has 1 aliphatic rings. The van der Waals surface area contributed by atoms with Gasteiger partial charge >= 0.3 is 0 Å². The molecular weight excluding hydrogens is 1220 g/mol. The van der Waals surface area contributed by atoms with E-state index in [0.717, 1.165) is 64.8 Å². The third kappa shape index (κ3) is 15.9. The van der Waals surface area contributed by atoms with Crippen LogP contribution in [0.15, 0.2) is 161 Å². The lowest BCUT2D eigenvalue weighted by atomic mass is 9.80. The highest BCUT2D eigenvalue weighted by atomic mass is 32.2. The third-order valence-corrected chi connectivity index (χ3v) is 14.2. The lowest BCUT2D eigenvalue weighted by Crippen LogP contribution is -2.25. The summed E-state index contributed by atoms with van der Waals surface area (Å²) >= 11 is 0. The minimum absolute atomic E-state index is 0.0262. The molecule has 8 aromatic heterocycles. The molecule has 466 valence electrons. The fraction of sp³-hybridized carbons (Fsp3) is 0.164. The molecule has 2 aromatic carbocycles. The zero-order chi connectivity index (χ0) is 64.9. The van der Waals surface area contributed by atoms with Crippen LogP contribution in [-0.4, -0.2) is 85.9 Å². The number of aromatic nitrogens is 8. The Hall–Kier alpha value is -10.8. The summed E-state index contributed by atoms with van der Waals surface area (Å²) in [5.41, 5.74) is 14.2. The van der Waals surface area contributed by atoms with Crippen molar-refractivity contribution in [2.24, 2.45) is 10.8 Å². The van der Waals surface area contributed by atoms with Crippen LogP contribution in [-0.2, 0) is 32.2 Å². The van der Waals surface area contributed by atoms with Gasteiger partial charge in [-0.05, 0) is 120 Å². The van der Waals surface area contributed by atoms with E-state index < -0.39 is 85.7 Å². The number of nitrogens with two attached hydrogens (primary N) is 1. The SMILES string of the molecule is CS(=O)(=O)OCCn1c(=O)c(-c2c(F)cccc2F)cc2cnc(Nc3ccc(F)cn3)cc21.NCCC1C(=O)C(CCF)=Cc2cnc(Nc3ccc(F)cn3)cc21.[N-]=[N+]=NCCn1c(=O)c(-c2c(F)cccc2F)cc2cnc(Nc3ccc(F)cn3)cc21. The van der Waals surface area contributed by atoms with Crippen molar-refractivity contribution in [3.05, 3.63) is 229 Å². The van der Waals surface area contributed by atoms with Gasteiger partial charge in [-0.3, -0.25) is 23.0 Å².